The van der Waals surface area contributed by atoms with Crippen LogP contribution in [0, 0.1) is 0 Å². The third-order valence-electron chi connectivity index (χ3n) is 1.95. The van der Waals surface area contributed by atoms with Crippen LogP contribution in [0.1, 0.15) is 12.8 Å². The van der Waals surface area contributed by atoms with E-state index in [4.69, 9.17) is 10.2 Å². The standard InChI is InChI=1S/C4H8B.C4H8N2O4/c1-2-4-5-3-1;5-3(9)1(7)2(8)4(6)10/h1-4H2;1-2,7-8H,(H2,5,9)(H2,6,10). The topological polar surface area (TPSA) is 127 Å². The van der Waals surface area contributed by atoms with Gasteiger partial charge >= 0.3 is 0 Å². The molecule has 2 amide bonds. The highest BCUT2D eigenvalue weighted by Gasteiger charge is 2.25. The van der Waals surface area contributed by atoms with Gasteiger partial charge in [-0.25, -0.2) is 0 Å². The summed E-state index contributed by atoms with van der Waals surface area (Å²) >= 11 is 0. The summed E-state index contributed by atoms with van der Waals surface area (Å²) in [6.07, 6.45) is 1.80. The van der Waals surface area contributed by atoms with Crippen LogP contribution in [-0.4, -0.2) is 41.5 Å². The van der Waals surface area contributed by atoms with E-state index >= 15 is 0 Å². The summed E-state index contributed by atoms with van der Waals surface area (Å²) in [6.45, 7) is 0. The zero-order chi connectivity index (χ0) is 11.8. The van der Waals surface area contributed by atoms with E-state index in [2.05, 4.69) is 18.7 Å². The lowest BCUT2D eigenvalue weighted by atomic mass is 9.77. The maximum atomic E-state index is 10.0. The van der Waals surface area contributed by atoms with Gasteiger partial charge < -0.3 is 21.7 Å². The van der Waals surface area contributed by atoms with Crippen molar-refractivity contribution in [1.29, 1.82) is 0 Å². The number of primary amides is 2. The van der Waals surface area contributed by atoms with Gasteiger partial charge in [-0.2, -0.15) is 0 Å². The third kappa shape index (κ3) is 6.08. The van der Waals surface area contributed by atoms with Crippen molar-refractivity contribution in [2.75, 3.05) is 0 Å². The summed E-state index contributed by atoms with van der Waals surface area (Å²) in [4.78, 5) is 20.1. The van der Waals surface area contributed by atoms with Crippen molar-refractivity contribution in [2.45, 2.75) is 37.7 Å². The Hall–Kier alpha value is -1.08. The third-order valence-corrected chi connectivity index (χ3v) is 1.95. The number of carbonyl (C=O) groups excluding carboxylic acids is 2. The van der Waals surface area contributed by atoms with Gasteiger partial charge in [-0.1, -0.05) is 25.5 Å². The first-order chi connectivity index (χ1) is 6.96. The molecule has 2 atom stereocenters. The lowest BCUT2D eigenvalue weighted by molar-refractivity contribution is -0.142. The van der Waals surface area contributed by atoms with Crippen LogP contribution < -0.4 is 11.5 Å². The molecule has 0 aliphatic carbocycles. The first kappa shape index (κ1) is 13.9. The number of hydrogen-bond acceptors (Lipinski definition) is 4. The molecular weight excluding hydrogens is 199 g/mol. The molecule has 1 aliphatic rings. The number of aliphatic hydroxyl groups excluding tert-OH is 2. The molecule has 0 bridgehead atoms. The normalized spacial score (nSPS) is 18.0. The van der Waals surface area contributed by atoms with E-state index in [-0.39, 0.29) is 0 Å². The molecule has 0 saturated carbocycles. The first-order valence-corrected chi connectivity index (χ1v) is 4.73. The summed E-state index contributed by atoms with van der Waals surface area (Å²) in [5, 5.41) is 17.1. The van der Waals surface area contributed by atoms with E-state index in [1.807, 2.05) is 0 Å². The Morgan fingerprint density at radius 1 is 1.00 bits per heavy atom. The molecule has 1 fully saturated rings. The number of nitrogens with two attached hydrogens (primary N) is 2. The molecule has 15 heavy (non-hydrogen) atoms. The predicted octanol–water partition coefficient (Wildman–Crippen LogP) is -2.00. The second-order valence-corrected chi connectivity index (χ2v) is 3.27. The van der Waals surface area contributed by atoms with Gasteiger partial charge in [-0.15, -0.1) is 0 Å². The summed E-state index contributed by atoms with van der Waals surface area (Å²) in [5.74, 6) is -2.38. The largest absolute Gasteiger partial charge is 0.380 e. The molecule has 0 spiro atoms. The number of hydrogen-bond donors (Lipinski definition) is 4. The molecule has 6 nitrogen and oxygen atoms in total. The molecule has 1 aliphatic heterocycles. The summed E-state index contributed by atoms with van der Waals surface area (Å²) in [7, 11) is 2.36. The number of carbonyl (C=O) groups is 2. The Kier molecular flexibility index (Phi) is 6.73. The van der Waals surface area contributed by atoms with Gasteiger partial charge in [-0.3, -0.25) is 9.59 Å². The maximum Gasteiger partial charge on any atom is 0.249 e. The monoisotopic (exact) mass is 215 g/mol. The predicted molar refractivity (Wildman–Crippen MR) is 55.0 cm³/mol. The van der Waals surface area contributed by atoms with E-state index in [1.54, 1.807) is 0 Å². The minimum absolute atomic E-state index is 1.19. The van der Waals surface area contributed by atoms with E-state index < -0.39 is 24.0 Å². The summed E-state index contributed by atoms with van der Waals surface area (Å²) in [5.41, 5.74) is 9.04. The second kappa shape index (κ2) is 7.25. The summed E-state index contributed by atoms with van der Waals surface area (Å²) < 4.78 is 0. The van der Waals surface area contributed by atoms with Crippen molar-refractivity contribution < 1.29 is 19.8 Å². The molecule has 1 heterocycles. The van der Waals surface area contributed by atoms with E-state index in [9.17, 15) is 9.59 Å². The molecule has 85 valence electrons. The van der Waals surface area contributed by atoms with Gasteiger partial charge in [0.1, 0.15) is 7.28 Å². The highest BCUT2D eigenvalue weighted by molar-refractivity contribution is 6.36. The molecule has 2 unspecified atom stereocenters. The van der Waals surface area contributed by atoms with Crippen molar-refractivity contribution in [3.8, 4) is 0 Å². The van der Waals surface area contributed by atoms with Gasteiger partial charge in [0, 0.05) is 0 Å². The van der Waals surface area contributed by atoms with Gasteiger partial charge in [-0.05, 0) is 0 Å². The number of rotatable bonds is 3. The van der Waals surface area contributed by atoms with Gasteiger partial charge in [0.15, 0.2) is 12.2 Å². The first-order valence-electron chi connectivity index (χ1n) is 4.73. The van der Waals surface area contributed by atoms with Gasteiger partial charge in [0.25, 0.3) is 0 Å². The molecule has 1 saturated heterocycles. The zero-order valence-corrected chi connectivity index (χ0v) is 8.43. The number of amides is 2. The van der Waals surface area contributed by atoms with Crippen LogP contribution in [0.2, 0.25) is 12.6 Å². The van der Waals surface area contributed by atoms with Crippen LogP contribution in [0.15, 0.2) is 0 Å². The Morgan fingerprint density at radius 3 is 1.47 bits per heavy atom. The Morgan fingerprint density at radius 2 is 1.33 bits per heavy atom. The lowest BCUT2D eigenvalue weighted by Gasteiger charge is -2.09. The molecule has 0 aromatic carbocycles. The van der Waals surface area contributed by atoms with Crippen LogP contribution in [0.5, 0.6) is 0 Å². The van der Waals surface area contributed by atoms with Crippen LogP contribution >= 0.6 is 0 Å². The van der Waals surface area contributed by atoms with Crippen molar-refractivity contribution in [2.24, 2.45) is 11.5 Å². The minimum Gasteiger partial charge on any atom is -0.380 e. The molecule has 0 aromatic heterocycles. The van der Waals surface area contributed by atoms with Crippen LogP contribution in [0.4, 0.5) is 0 Å². The fourth-order valence-electron chi connectivity index (χ4n) is 1.03. The highest BCUT2D eigenvalue weighted by Crippen LogP contribution is 2.09. The van der Waals surface area contributed by atoms with Crippen molar-refractivity contribution in [1.82, 2.24) is 0 Å². The smallest absolute Gasteiger partial charge is 0.249 e. The van der Waals surface area contributed by atoms with Crippen LogP contribution in [0.3, 0.4) is 0 Å². The Labute approximate surface area is 88.9 Å². The van der Waals surface area contributed by atoms with Gasteiger partial charge in [0.2, 0.25) is 11.8 Å². The number of aliphatic hydroxyl groups is 2. The van der Waals surface area contributed by atoms with Crippen molar-refractivity contribution >= 4 is 19.1 Å². The fourth-order valence-corrected chi connectivity index (χ4v) is 1.03. The molecule has 0 aromatic rings. The average Bonchev–Trinajstić information content (AvgIpc) is 2.73. The van der Waals surface area contributed by atoms with Crippen LogP contribution in [-0.2, 0) is 9.59 Å². The molecule has 1 radical (unpaired) electrons. The Balaban J connectivity index is 0.000000322. The van der Waals surface area contributed by atoms with E-state index in [1.165, 1.54) is 25.5 Å². The minimum atomic E-state index is -1.92. The average molecular weight is 215 g/mol. The quantitative estimate of drug-likeness (QED) is 0.406. The summed E-state index contributed by atoms with van der Waals surface area (Å²) in [6, 6.07) is 0. The fraction of sp³-hybridized carbons (Fsp3) is 0.750. The maximum absolute atomic E-state index is 10.0. The molecule has 7 heteroatoms. The SMILES string of the molecule is NC(=O)C(O)C(O)C(N)=O.[B]1CCCC1. The lowest BCUT2D eigenvalue weighted by Crippen LogP contribution is -2.46. The van der Waals surface area contributed by atoms with Gasteiger partial charge in [0.05, 0.1) is 0 Å². The zero-order valence-electron chi connectivity index (χ0n) is 8.43. The van der Waals surface area contributed by atoms with E-state index in [0.717, 1.165) is 0 Å². The molecule has 1 rings (SSSR count). The van der Waals surface area contributed by atoms with E-state index in [0.29, 0.717) is 0 Å². The molecule has 6 N–H and O–H groups in total. The Bertz CT molecular complexity index is 195. The molecular formula is C8H16BN2O4. The highest BCUT2D eigenvalue weighted by atomic mass is 16.3. The van der Waals surface area contributed by atoms with Crippen molar-refractivity contribution in [3.05, 3.63) is 0 Å². The van der Waals surface area contributed by atoms with Crippen molar-refractivity contribution in [3.63, 3.8) is 0 Å². The second-order valence-electron chi connectivity index (χ2n) is 3.27. The van der Waals surface area contributed by atoms with Crippen LogP contribution in [0.25, 0.3) is 0 Å².